The van der Waals surface area contributed by atoms with E-state index in [1.165, 1.54) is 0 Å². The van der Waals surface area contributed by atoms with Crippen LogP contribution in [-0.2, 0) is 26.3 Å². The molecule has 0 saturated heterocycles. The van der Waals surface area contributed by atoms with Crippen LogP contribution in [0.1, 0.15) is 52.7 Å². The van der Waals surface area contributed by atoms with Crippen LogP contribution in [0, 0.1) is 0 Å². The number of benzene rings is 1. The van der Waals surface area contributed by atoms with Crippen LogP contribution in [0.5, 0.6) is 5.75 Å². The van der Waals surface area contributed by atoms with Crippen molar-refractivity contribution in [2.75, 3.05) is 0 Å². The SMILES string of the molecule is CC(C)(C)N=Cc1cccc(C(C)(C)C)c1O.[Cl][Zr][Cl]. The molecule has 1 N–H and O–H groups in total. The average molecular weight is 395 g/mol. The Bertz CT molecular complexity index is 448. The minimum absolute atomic E-state index is 0.0599. The monoisotopic (exact) mass is 393 g/mol. The molecule has 0 heterocycles. The van der Waals surface area contributed by atoms with Gasteiger partial charge in [-0.1, -0.05) is 32.9 Å². The van der Waals surface area contributed by atoms with Gasteiger partial charge < -0.3 is 5.11 Å². The van der Waals surface area contributed by atoms with Crippen molar-refractivity contribution in [3.05, 3.63) is 29.3 Å². The third-order valence-corrected chi connectivity index (χ3v) is 2.47. The van der Waals surface area contributed by atoms with Crippen LogP contribution in [0.3, 0.4) is 0 Å². The Hall–Kier alpha value is 0.153. The Labute approximate surface area is 141 Å². The number of hydrogen-bond donors (Lipinski definition) is 1. The molecule has 1 rings (SSSR count). The van der Waals surface area contributed by atoms with Gasteiger partial charge in [-0.15, -0.1) is 0 Å². The minimum atomic E-state index is -0.826. The number of phenols is 1. The number of nitrogens with zero attached hydrogens (tertiary/aromatic N) is 1. The van der Waals surface area contributed by atoms with E-state index >= 15 is 0 Å². The van der Waals surface area contributed by atoms with Crippen LogP contribution < -0.4 is 0 Å². The zero-order chi connectivity index (χ0) is 16.0. The number of aliphatic imine (C=N–C) groups is 1. The molecule has 0 aromatic heterocycles. The number of rotatable bonds is 1. The first-order chi connectivity index (χ1) is 9.03. The molecular weight excluding hydrogens is 372 g/mol. The van der Waals surface area contributed by atoms with E-state index in [9.17, 15) is 5.11 Å². The second-order valence-electron chi connectivity index (χ2n) is 6.49. The molecule has 0 aliphatic heterocycles. The normalized spacial score (nSPS) is 12.0. The van der Waals surface area contributed by atoms with Gasteiger partial charge in [-0.3, -0.25) is 4.99 Å². The first kappa shape index (κ1) is 20.2. The van der Waals surface area contributed by atoms with Crippen molar-refractivity contribution in [1.82, 2.24) is 0 Å². The Morgan fingerprint density at radius 2 is 1.60 bits per heavy atom. The molecule has 112 valence electrons. The molecule has 0 bridgehead atoms. The molecule has 0 radical (unpaired) electrons. The van der Waals surface area contributed by atoms with E-state index < -0.39 is 20.8 Å². The van der Waals surface area contributed by atoms with Crippen molar-refractivity contribution in [2.24, 2.45) is 4.99 Å². The predicted molar refractivity (Wildman–Crippen MR) is 85.9 cm³/mol. The summed E-state index contributed by atoms with van der Waals surface area (Å²) in [6.45, 7) is 12.4. The number of halogens is 2. The van der Waals surface area contributed by atoms with Crippen molar-refractivity contribution in [2.45, 2.75) is 52.5 Å². The Balaban J connectivity index is 0.00000110. The van der Waals surface area contributed by atoms with Gasteiger partial charge in [0.1, 0.15) is 5.75 Å². The molecule has 0 aliphatic rings. The molecule has 2 nitrogen and oxygen atoms in total. The van der Waals surface area contributed by atoms with Crippen molar-refractivity contribution >= 4 is 23.2 Å². The third-order valence-electron chi connectivity index (χ3n) is 2.47. The van der Waals surface area contributed by atoms with E-state index in [1.54, 1.807) is 6.21 Å². The van der Waals surface area contributed by atoms with Crippen LogP contribution in [0.25, 0.3) is 0 Å². The van der Waals surface area contributed by atoms with Gasteiger partial charge in [-0.25, -0.2) is 0 Å². The summed E-state index contributed by atoms with van der Waals surface area (Å²) in [5.41, 5.74) is 1.56. The molecular formula is C15H23Cl2NOZr. The van der Waals surface area contributed by atoms with E-state index in [2.05, 4.69) is 25.8 Å². The topological polar surface area (TPSA) is 32.6 Å². The molecule has 0 unspecified atom stereocenters. The molecule has 0 atom stereocenters. The summed E-state index contributed by atoms with van der Waals surface area (Å²) in [6.07, 6.45) is 1.75. The average Bonchev–Trinajstić information content (AvgIpc) is 2.26. The summed E-state index contributed by atoms with van der Waals surface area (Å²) in [5.74, 6) is 0.341. The molecule has 1 aromatic rings. The van der Waals surface area contributed by atoms with Crippen molar-refractivity contribution in [3.8, 4) is 5.75 Å². The van der Waals surface area contributed by atoms with E-state index in [-0.39, 0.29) is 11.0 Å². The standard InChI is InChI=1S/C15H23NO.2ClH.Zr/c1-14(2,3)12-9-7-8-11(13(12)17)10-16-15(4,5)6;;;/h7-10,17H,1-6H3;2*1H;/q;;;+2/p-2. The molecule has 20 heavy (non-hydrogen) atoms. The number of phenolic OH excluding ortho intramolecular Hbond substituents is 1. The predicted octanol–water partition coefficient (Wildman–Crippen LogP) is 5.28. The number of aromatic hydroxyl groups is 1. The molecule has 0 spiro atoms. The van der Waals surface area contributed by atoms with Crippen molar-refractivity contribution < 1.29 is 26.0 Å². The molecule has 0 fully saturated rings. The van der Waals surface area contributed by atoms with Gasteiger partial charge in [0.15, 0.2) is 0 Å². The summed E-state index contributed by atoms with van der Waals surface area (Å²) in [7, 11) is 9.87. The van der Waals surface area contributed by atoms with Crippen LogP contribution in [0.4, 0.5) is 0 Å². The fourth-order valence-electron chi connectivity index (χ4n) is 1.53. The zero-order valence-electron chi connectivity index (χ0n) is 13.0. The van der Waals surface area contributed by atoms with Gasteiger partial charge in [0.05, 0.1) is 5.54 Å². The third kappa shape index (κ3) is 7.81. The zero-order valence-corrected chi connectivity index (χ0v) is 16.9. The maximum absolute atomic E-state index is 10.2. The molecule has 0 amide bonds. The molecule has 1 aromatic carbocycles. The van der Waals surface area contributed by atoms with Gasteiger partial charge in [0, 0.05) is 11.8 Å². The van der Waals surface area contributed by atoms with Crippen LogP contribution in [0.2, 0.25) is 0 Å². The second kappa shape index (κ2) is 8.56. The molecule has 0 saturated carbocycles. The van der Waals surface area contributed by atoms with E-state index in [4.69, 9.17) is 17.0 Å². The molecule has 0 aliphatic carbocycles. The van der Waals surface area contributed by atoms with Crippen LogP contribution >= 0.6 is 17.0 Å². The number of para-hydroxylation sites is 1. The van der Waals surface area contributed by atoms with Gasteiger partial charge in [0.25, 0.3) is 0 Å². The van der Waals surface area contributed by atoms with Crippen LogP contribution in [-0.4, -0.2) is 16.9 Å². The Kier molecular flexibility index (Phi) is 8.63. The summed E-state index contributed by atoms with van der Waals surface area (Å²) in [4.78, 5) is 4.43. The quantitative estimate of drug-likeness (QED) is 0.645. The fraction of sp³-hybridized carbons (Fsp3) is 0.533. The Morgan fingerprint density at radius 1 is 1.10 bits per heavy atom. The van der Waals surface area contributed by atoms with Gasteiger partial charge in [0.2, 0.25) is 0 Å². The first-order valence-electron chi connectivity index (χ1n) is 6.37. The number of hydrogen-bond acceptors (Lipinski definition) is 2. The summed E-state index contributed by atoms with van der Waals surface area (Å²) in [5, 5.41) is 10.2. The van der Waals surface area contributed by atoms with Crippen molar-refractivity contribution in [3.63, 3.8) is 0 Å². The van der Waals surface area contributed by atoms with E-state index in [0.717, 1.165) is 11.1 Å². The maximum atomic E-state index is 10.2. The second-order valence-corrected chi connectivity index (χ2v) is 10.2. The van der Waals surface area contributed by atoms with Crippen LogP contribution in [0.15, 0.2) is 23.2 Å². The summed E-state index contributed by atoms with van der Waals surface area (Å²) >= 11 is -0.826. The Morgan fingerprint density at radius 3 is 2.00 bits per heavy atom. The van der Waals surface area contributed by atoms with Gasteiger partial charge in [-0.05, 0) is 37.8 Å². The fourth-order valence-corrected chi connectivity index (χ4v) is 1.53. The summed E-state index contributed by atoms with van der Waals surface area (Å²) in [6, 6.07) is 5.81. The van der Waals surface area contributed by atoms with E-state index in [1.807, 2.05) is 39.0 Å². The first-order valence-corrected chi connectivity index (χ1v) is 12.7. The van der Waals surface area contributed by atoms with Gasteiger partial charge >= 0.3 is 37.9 Å². The van der Waals surface area contributed by atoms with E-state index in [0.29, 0.717) is 5.75 Å². The molecule has 5 heteroatoms. The summed E-state index contributed by atoms with van der Waals surface area (Å²) < 4.78 is 0. The van der Waals surface area contributed by atoms with Gasteiger partial charge in [-0.2, -0.15) is 0 Å². The van der Waals surface area contributed by atoms with Crippen molar-refractivity contribution in [1.29, 1.82) is 0 Å².